The van der Waals surface area contributed by atoms with Crippen LogP contribution in [0.15, 0.2) is 23.6 Å². The third-order valence-corrected chi connectivity index (χ3v) is 4.08. The molecule has 102 valence electrons. The molecule has 2 aromatic rings. The molecule has 0 spiro atoms. The molecule has 2 rings (SSSR count). The van der Waals surface area contributed by atoms with Crippen molar-refractivity contribution in [2.45, 2.75) is 26.3 Å². The van der Waals surface area contributed by atoms with Crippen molar-refractivity contribution in [1.82, 2.24) is 10.3 Å². The summed E-state index contributed by atoms with van der Waals surface area (Å²) in [7, 11) is 0. The van der Waals surface area contributed by atoms with Gasteiger partial charge in [0.15, 0.2) is 0 Å². The number of thiazole rings is 1. The van der Waals surface area contributed by atoms with Gasteiger partial charge in [0.1, 0.15) is 5.82 Å². The molecule has 2 nitrogen and oxygen atoms in total. The van der Waals surface area contributed by atoms with E-state index in [1.165, 1.54) is 12.1 Å². The summed E-state index contributed by atoms with van der Waals surface area (Å²) in [5, 5.41) is 7.00. The summed E-state index contributed by atoms with van der Waals surface area (Å²) in [5.41, 5.74) is 2.02. The SMILES string of the molecule is Cc1nc(CCNC(C)c2ccc(F)cc2Cl)cs1. The fourth-order valence-corrected chi connectivity index (χ4v) is 2.88. The highest BCUT2D eigenvalue weighted by atomic mass is 35.5. The lowest BCUT2D eigenvalue weighted by Gasteiger charge is -2.15. The van der Waals surface area contributed by atoms with Crippen LogP contribution in [0.5, 0.6) is 0 Å². The van der Waals surface area contributed by atoms with Crippen LogP contribution in [-0.2, 0) is 6.42 Å². The molecule has 1 aromatic carbocycles. The molecular formula is C14H16ClFN2S. The van der Waals surface area contributed by atoms with E-state index in [9.17, 15) is 4.39 Å². The number of halogens is 2. The summed E-state index contributed by atoms with van der Waals surface area (Å²) in [6, 6.07) is 4.59. The van der Waals surface area contributed by atoms with Crippen molar-refractivity contribution in [2.24, 2.45) is 0 Å². The van der Waals surface area contributed by atoms with Crippen LogP contribution in [0.4, 0.5) is 4.39 Å². The Morgan fingerprint density at radius 3 is 2.89 bits per heavy atom. The molecule has 0 saturated heterocycles. The maximum absolute atomic E-state index is 13.0. The molecule has 0 saturated carbocycles. The minimum absolute atomic E-state index is 0.0906. The quantitative estimate of drug-likeness (QED) is 0.897. The van der Waals surface area contributed by atoms with Gasteiger partial charge in [-0.2, -0.15) is 0 Å². The number of benzene rings is 1. The van der Waals surface area contributed by atoms with Crippen LogP contribution in [0.1, 0.15) is 29.2 Å². The van der Waals surface area contributed by atoms with Crippen molar-refractivity contribution < 1.29 is 4.39 Å². The monoisotopic (exact) mass is 298 g/mol. The van der Waals surface area contributed by atoms with Crippen molar-refractivity contribution in [2.75, 3.05) is 6.54 Å². The third-order valence-electron chi connectivity index (χ3n) is 2.93. The van der Waals surface area contributed by atoms with Crippen molar-refractivity contribution in [1.29, 1.82) is 0 Å². The van der Waals surface area contributed by atoms with Crippen molar-refractivity contribution in [3.63, 3.8) is 0 Å². The van der Waals surface area contributed by atoms with Gasteiger partial charge < -0.3 is 5.32 Å². The van der Waals surface area contributed by atoms with E-state index in [1.807, 2.05) is 13.8 Å². The van der Waals surface area contributed by atoms with Crippen LogP contribution in [0.3, 0.4) is 0 Å². The Kier molecular flexibility index (Phi) is 4.91. The largest absolute Gasteiger partial charge is 0.310 e. The maximum Gasteiger partial charge on any atom is 0.124 e. The van der Waals surface area contributed by atoms with Crippen molar-refractivity contribution in [3.8, 4) is 0 Å². The Labute approximate surface area is 121 Å². The fourth-order valence-electron chi connectivity index (χ4n) is 1.90. The van der Waals surface area contributed by atoms with Gasteiger partial charge in [-0.15, -0.1) is 11.3 Å². The van der Waals surface area contributed by atoms with Crippen molar-refractivity contribution in [3.05, 3.63) is 50.7 Å². The van der Waals surface area contributed by atoms with Crippen LogP contribution in [0.2, 0.25) is 5.02 Å². The van der Waals surface area contributed by atoms with Gasteiger partial charge in [0.05, 0.1) is 10.7 Å². The van der Waals surface area contributed by atoms with Crippen LogP contribution in [-0.4, -0.2) is 11.5 Å². The van der Waals surface area contributed by atoms with E-state index in [2.05, 4.69) is 15.7 Å². The van der Waals surface area contributed by atoms with Gasteiger partial charge in [0.2, 0.25) is 0 Å². The number of rotatable bonds is 5. The molecule has 5 heteroatoms. The maximum atomic E-state index is 13.0. The van der Waals surface area contributed by atoms with Gasteiger partial charge >= 0.3 is 0 Å². The van der Waals surface area contributed by atoms with Crippen LogP contribution in [0, 0.1) is 12.7 Å². The highest BCUT2D eigenvalue weighted by molar-refractivity contribution is 7.09. The minimum Gasteiger partial charge on any atom is -0.310 e. The molecule has 0 aliphatic rings. The lowest BCUT2D eigenvalue weighted by molar-refractivity contribution is 0.571. The lowest BCUT2D eigenvalue weighted by atomic mass is 10.1. The average molecular weight is 299 g/mol. The summed E-state index contributed by atoms with van der Waals surface area (Å²) in [4.78, 5) is 4.41. The zero-order valence-corrected chi connectivity index (χ0v) is 12.5. The zero-order chi connectivity index (χ0) is 13.8. The van der Waals surface area contributed by atoms with Crippen LogP contribution < -0.4 is 5.32 Å². The minimum atomic E-state index is -0.307. The standard InChI is InChI=1S/C14H16ClFN2S/c1-9(13-4-3-11(16)7-14(13)15)17-6-5-12-8-19-10(2)18-12/h3-4,7-9,17H,5-6H2,1-2H3. The van der Waals surface area contributed by atoms with E-state index in [0.717, 1.165) is 29.2 Å². The van der Waals surface area contributed by atoms with Crippen LogP contribution in [0.25, 0.3) is 0 Å². The number of hydrogen-bond acceptors (Lipinski definition) is 3. The molecule has 1 heterocycles. The van der Waals surface area contributed by atoms with E-state index < -0.39 is 0 Å². The molecule has 1 N–H and O–H groups in total. The number of aromatic nitrogens is 1. The summed E-state index contributed by atoms with van der Waals surface area (Å²) >= 11 is 7.69. The van der Waals surface area contributed by atoms with Crippen LogP contribution >= 0.6 is 22.9 Å². The second-order valence-corrected chi connectivity index (χ2v) is 5.92. The number of nitrogens with zero attached hydrogens (tertiary/aromatic N) is 1. The summed E-state index contributed by atoms with van der Waals surface area (Å²) < 4.78 is 13.0. The van der Waals surface area contributed by atoms with E-state index in [-0.39, 0.29) is 11.9 Å². The molecule has 0 aliphatic heterocycles. The molecule has 0 aliphatic carbocycles. The highest BCUT2D eigenvalue weighted by Crippen LogP contribution is 2.23. The van der Waals surface area contributed by atoms with Crippen molar-refractivity contribution >= 4 is 22.9 Å². The molecular weight excluding hydrogens is 283 g/mol. The summed E-state index contributed by atoms with van der Waals surface area (Å²) in [6.07, 6.45) is 0.882. The lowest BCUT2D eigenvalue weighted by Crippen LogP contribution is -2.21. The molecule has 1 atom stereocenters. The molecule has 1 aromatic heterocycles. The fraction of sp³-hybridized carbons (Fsp3) is 0.357. The van der Waals surface area contributed by atoms with Gasteiger partial charge in [-0.1, -0.05) is 17.7 Å². The second kappa shape index (κ2) is 6.46. The molecule has 1 unspecified atom stereocenters. The normalized spacial score (nSPS) is 12.6. The molecule has 19 heavy (non-hydrogen) atoms. The zero-order valence-electron chi connectivity index (χ0n) is 10.9. The first-order chi connectivity index (χ1) is 9.06. The molecule has 0 radical (unpaired) electrons. The van der Waals surface area contributed by atoms with Gasteiger partial charge in [-0.05, 0) is 31.5 Å². The van der Waals surface area contributed by atoms with E-state index >= 15 is 0 Å². The first-order valence-corrected chi connectivity index (χ1v) is 7.41. The van der Waals surface area contributed by atoms with Gasteiger partial charge in [0.25, 0.3) is 0 Å². The number of nitrogens with one attached hydrogen (secondary N) is 1. The second-order valence-electron chi connectivity index (χ2n) is 4.45. The Hall–Kier alpha value is -0.970. The topological polar surface area (TPSA) is 24.9 Å². The number of hydrogen-bond donors (Lipinski definition) is 1. The Morgan fingerprint density at radius 1 is 1.47 bits per heavy atom. The average Bonchev–Trinajstić information content (AvgIpc) is 2.75. The van der Waals surface area contributed by atoms with Gasteiger partial charge in [-0.25, -0.2) is 9.37 Å². The van der Waals surface area contributed by atoms with E-state index in [4.69, 9.17) is 11.6 Å². The van der Waals surface area contributed by atoms with E-state index in [1.54, 1.807) is 17.4 Å². The summed E-state index contributed by atoms with van der Waals surface area (Å²) in [5.74, 6) is -0.307. The first-order valence-electron chi connectivity index (χ1n) is 6.15. The number of aryl methyl sites for hydroxylation is 1. The van der Waals surface area contributed by atoms with E-state index in [0.29, 0.717) is 5.02 Å². The predicted octanol–water partition coefficient (Wildman–Crippen LogP) is 4.14. The highest BCUT2D eigenvalue weighted by Gasteiger charge is 2.10. The first kappa shape index (κ1) is 14.4. The summed E-state index contributed by atoms with van der Waals surface area (Å²) in [6.45, 7) is 4.84. The molecule has 0 amide bonds. The Bertz CT molecular complexity index is 556. The Morgan fingerprint density at radius 2 is 2.26 bits per heavy atom. The smallest absolute Gasteiger partial charge is 0.124 e. The molecule has 0 fully saturated rings. The third kappa shape index (κ3) is 4.00. The molecule has 0 bridgehead atoms. The Balaban J connectivity index is 1.88. The van der Waals surface area contributed by atoms with Gasteiger partial charge in [0, 0.05) is 29.4 Å². The van der Waals surface area contributed by atoms with Gasteiger partial charge in [-0.3, -0.25) is 0 Å². The predicted molar refractivity (Wildman–Crippen MR) is 78.4 cm³/mol.